The highest BCUT2D eigenvalue weighted by atomic mass is 79.9. The number of hydrogen-bond acceptors (Lipinski definition) is 3. The molecular formula is C31H28Br2O4. The Bertz CT molecular complexity index is 1320. The molecule has 0 amide bonds. The van der Waals surface area contributed by atoms with Crippen LogP contribution in [0.1, 0.15) is 53.5 Å². The van der Waals surface area contributed by atoms with Gasteiger partial charge in [0.15, 0.2) is 5.75 Å². The van der Waals surface area contributed by atoms with E-state index in [4.69, 9.17) is 9.47 Å². The molecule has 0 aliphatic rings. The van der Waals surface area contributed by atoms with Crippen molar-refractivity contribution < 1.29 is 19.4 Å². The van der Waals surface area contributed by atoms with Gasteiger partial charge in [0.1, 0.15) is 11.5 Å². The molecule has 37 heavy (non-hydrogen) atoms. The van der Waals surface area contributed by atoms with Gasteiger partial charge in [0, 0.05) is 17.0 Å². The lowest BCUT2D eigenvalue weighted by atomic mass is 9.83. The summed E-state index contributed by atoms with van der Waals surface area (Å²) >= 11 is 7.20. The quantitative estimate of drug-likeness (QED) is 0.189. The van der Waals surface area contributed by atoms with E-state index in [1.54, 1.807) is 19.2 Å². The second kappa shape index (κ2) is 12.0. The third kappa shape index (κ3) is 6.25. The Morgan fingerprint density at radius 1 is 0.811 bits per heavy atom. The number of rotatable bonds is 9. The topological polar surface area (TPSA) is 55.8 Å². The molecule has 0 aliphatic heterocycles. The Morgan fingerprint density at radius 3 is 1.78 bits per heavy atom. The number of aliphatic carboxylic acids is 1. The third-order valence-electron chi connectivity index (χ3n) is 6.19. The molecule has 0 fully saturated rings. The lowest BCUT2D eigenvalue weighted by molar-refractivity contribution is -0.136. The van der Waals surface area contributed by atoms with E-state index < -0.39 is 5.97 Å². The zero-order valence-electron chi connectivity index (χ0n) is 20.9. The Labute approximate surface area is 234 Å². The number of carbonyl (C=O) groups is 1. The summed E-state index contributed by atoms with van der Waals surface area (Å²) in [5, 5.41) is 9.23. The molecule has 190 valence electrons. The van der Waals surface area contributed by atoms with Gasteiger partial charge in [-0.3, -0.25) is 4.79 Å². The van der Waals surface area contributed by atoms with Crippen molar-refractivity contribution >= 4 is 37.8 Å². The summed E-state index contributed by atoms with van der Waals surface area (Å²) in [5.74, 6) is 1.31. The van der Waals surface area contributed by atoms with Gasteiger partial charge in [0.25, 0.3) is 0 Å². The fraction of sp³-hybridized carbons (Fsp3) is 0.194. The van der Waals surface area contributed by atoms with Crippen LogP contribution in [0.2, 0.25) is 0 Å². The second-order valence-corrected chi connectivity index (χ2v) is 10.8. The number of halogens is 2. The summed E-state index contributed by atoms with van der Waals surface area (Å²) in [7, 11) is 1.69. The van der Waals surface area contributed by atoms with Crippen LogP contribution in [0.5, 0.6) is 17.2 Å². The summed E-state index contributed by atoms with van der Waals surface area (Å²) in [6.45, 7) is 4.25. The van der Waals surface area contributed by atoms with Crippen molar-refractivity contribution in [1.29, 1.82) is 0 Å². The predicted octanol–water partition coefficient (Wildman–Crippen LogP) is 8.94. The van der Waals surface area contributed by atoms with Crippen LogP contribution in [-0.2, 0) is 11.2 Å². The van der Waals surface area contributed by atoms with E-state index in [2.05, 4.69) is 82.1 Å². The maximum Gasteiger partial charge on any atom is 0.307 e. The molecule has 0 saturated carbocycles. The zero-order valence-corrected chi connectivity index (χ0v) is 24.0. The number of carboxylic acids is 1. The first kappa shape index (κ1) is 27.0. The number of ether oxygens (including phenoxy) is 2. The minimum Gasteiger partial charge on any atom is -0.496 e. The zero-order chi connectivity index (χ0) is 26.5. The molecule has 0 heterocycles. The van der Waals surface area contributed by atoms with Gasteiger partial charge in [0.2, 0.25) is 0 Å². The maximum absolute atomic E-state index is 11.2. The van der Waals surface area contributed by atoms with E-state index in [1.807, 2.05) is 36.4 Å². The lowest BCUT2D eigenvalue weighted by Gasteiger charge is -2.25. The Hall–Kier alpha value is -3.09. The Kier molecular flexibility index (Phi) is 8.72. The highest BCUT2D eigenvalue weighted by Crippen LogP contribution is 2.46. The van der Waals surface area contributed by atoms with Crippen LogP contribution in [0, 0.1) is 0 Å². The van der Waals surface area contributed by atoms with Crippen LogP contribution in [0.4, 0.5) is 0 Å². The first-order chi connectivity index (χ1) is 17.8. The minimum absolute atomic E-state index is 0.0765. The predicted molar refractivity (Wildman–Crippen MR) is 154 cm³/mol. The molecule has 4 nitrogen and oxygen atoms in total. The number of benzene rings is 4. The van der Waals surface area contributed by atoms with Crippen LogP contribution in [0.3, 0.4) is 0 Å². The first-order valence-electron chi connectivity index (χ1n) is 12.0. The van der Waals surface area contributed by atoms with Gasteiger partial charge in [-0.1, -0.05) is 74.5 Å². The number of methoxy groups -OCH3 is 1. The second-order valence-electron chi connectivity index (χ2n) is 9.10. The van der Waals surface area contributed by atoms with Crippen molar-refractivity contribution in [3.63, 3.8) is 0 Å². The molecule has 0 spiro atoms. The van der Waals surface area contributed by atoms with Crippen LogP contribution in [-0.4, -0.2) is 18.2 Å². The summed E-state index contributed by atoms with van der Waals surface area (Å²) in [6, 6.07) is 28.4. The van der Waals surface area contributed by atoms with Crippen molar-refractivity contribution in [3.8, 4) is 17.2 Å². The molecule has 0 saturated heterocycles. The monoisotopic (exact) mass is 622 g/mol. The third-order valence-corrected chi connectivity index (χ3v) is 7.36. The molecule has 4 aromatic carbocycles. The van der Waals surface area contributed by atoms with Gasteiger partial charge < -0.3 is 14.6 Å². The summed E-state index contributed by atoms with van der Waals surface area (Å²) < 4.78 is 13.8. The molecule has 0 aromatic heterocycles. The SMILES string of the molecule is COc1cc(C(c2ccccc2)c2ccccc2)c(Oc2c(Br)cc(CC(=O)O)cc2Br)cc1C(C)C. The van der Waals surface area contributed by atoms with E-state index in [9.17, 15) is 9.90 Å². The van der Waals surface area contributed by atoms with Crippen LogP contribution >= 0.6 is 31.9 Å². The molecular weight excluding hydrogens is 596 g/mol. The molecule has 1 N–H and O–H groups in total. The van der Waals surface area contributed by atoms with Crippen LogP contribution in [0.25, 0.3) is 0 Å². The Morgan fingerprint density at radius 2 is 1.32 bits per heavy atom. The van der Waals surface area contributed by atoms with Crippen molar-refractivity contribution in [1.82, 2.24) is 0 Å². The first-order valence-corrected chi connectivity index (χ1v) is 13.6. The average molecular weight is 624 g/mol. The van der Waals surface area contributed by atoms with Gasteiger partial charge in [-0.05, 0) is 78.7 Å². The van der Waals surface area contributed by atoms with Gasteiger partial charge in [-0.25, -0.2) is 0 Å². The molecule has 0 radical (unpaired) electrons. The number of carboxylic acid groups (broad SMARTS) is 1. The van der Waals surface area contributed by atoms with E-state index in [-0.39, 0.29) is 18.3 Å². The van der Waals surface area contributed by atoms with Crippen LogP contribution in [0.15, 0.2) is 93.9 Å². The van der Waals surface area contributed by atoms with Crippen molar-refractivity contribution in [3.05, 3.63) is 122 Å². The molecule has 0 aliphatic carbocycles. The van der Waals surface area contributed by atoms with E-state index in [0.29, 0.717) is 26.0 Å². The molecule has 6 heteroatoms. The smallest absolute Gasteiger partial charge is 0.307 e. The van der Waals surface area contributed by atoms with E-state index in [0.717, 1.165) is 28.0 Å². The van der Waals surface area contributed by atoms with Gasteiger partial charge in [-0.15, -0.1) is 0 Å². The Balaban J connectivity index is 1.93. The van der Waals surface area contributed by atoms with Crippen molar-refractivity contribution in [2.45, 2.75) is 32.1 Å². The normalized spacial score (nSPS) is 11.1. The maximum atomic E-state index is 11.2. The fourth-order valence-corrected chi connectivity index (χ4v) is 5.92. The minimum atomic E-state index is -0.889. The number of hydrogen-bond donors (Lipinski definition) is 1. The van der Waals surface area contributed by atoms with Crippen molar-refractivity contribution in [2.24, 2.45) is 0 Å². The average Bonchev–Trinajstić information content (AvgIpc) is 2.87. The fourth-order valence-electron chi connectivity index (χ4n) is 4.47. The standard InChI is InChI=1S/C31H28Br2O4/c1-19(2)23-17-28(37-31-25(32)14-20(15-26(31)33)16-29(34)35)24(18-27(23)36-3)30(21-10-6-4-7-11-21)22-12-8-5-9-13-22/h4-15,17-19,30H,16H2,1-3H3,(H,34,35). The largest absolute Gasteiger partial charge is 0.496 e. The van der Waals surface area contributed by atoms with Gasteiger partial charge >= 0.3 is 5.97 Å². The van der Waals surface area contributed by atoms with Gasteiger partial charge in [-0.2, -0.15) is 0 Å². The molecule has 0 bridgehead atoms. The molecule has 0 unspecified atom stereocenters. The van der Waals surface area contributed by atoms with E-state index >= 15 is 0 Å². The highest BCUT2D eigenvalue weighted by Gasteiger charge is 2.25. The highest BCUT2D eigenvalue weighted by molar-refractivity contribution is 9.11. The molecule has 0 atom stereocenters. The van der Waals surface area contributed by atoms with Gasteiger partial charge in [0.05, 0.1) is 22.5 Å². The summed E-state index contributed by atoms with van der Waals surface area (Å²) in [6.07, 6.45) is -0.0765. The molecule has 4 aromatic rings. The summed E-state index contributed by atoms with van der Waals surface area (Å²) in [4.78, 5) is 11.2. The van der Waals surface area contributed by atoms with E-state index in [1.165, 1.54) is 0 Å². The van der Waals surface area contributed by atoms with Crippen molar-refractivity contribution in [2.75, 3.05) is 7.11 Å². The van der Waals surface area contributed by atoms with Crippen LogP contribution < -0.4 is 9.47 Å². The lowest BCUT2D eigenvalue weighted by Crippen LogP contribution is -2.08. The summed E-state index contributed by atoms with van der Waals surface area (Å²) in [5.41, 5.74) is 4.94. The molecule has 4 rings (SSSR count).